The SMILES string of the molecule is C=C(C)C(=O)OCCCC(=O)OC(CSC(=O)CCCOC(=O)C(=C)C)OC(=O)NCCOC(=O)C(=C)C.C=C(C)C(=O)OCCCC(=O)OCCSCCSCCOC(=O)NCCOC(=O)C(=C)C.C=CC(=O)OCCOC(=S)NCc1ccccc1.C=CCNC(=S)OCCOC(=O)C(=C)C.C=CCOc1ccc(S(=O)(=O)c2ccc(OCC=C)cc2)cc1.C=CCSSCC=C. The first-order chi connectivity index (χ1) is 63.8. The van der Waals surface area contributed by atoms with Gasteiger partial charge in [-0.05, 0) is 139 Å². The summed E-state index contributed by atoms with van der Waals surface area (Å²) in [6, 6.07) is 22.4. The van der Waals surface area contributed by atoms with Crippen molar-refractivity contribution in [2.75, 3.05) is 146 Å². The highest BCUT2D eigenvalue weighted by Crippen LogP contribution is 2.26. The van der Waals surface area contributed by atoms with Gasteiger partial charge >= 0.3 is 65.9 Å². The Morgan fingerprint density at radius 1 is 0.396 bits per heavy atom. The van der Waals surface area contributed by atoms with Crippen LogP contribution in [0, 0.1) is 0 Å². The number of thiocarbonyl (C=S) groups is 2. The van der Waals surface area contributed by atoms with Gasteiger partial charge in [0.25, 0.3) is 16.6 Å². The largest absolute Gasteiger partial charge is 0.490 e. The van der Waals surface area contributed by atoms with E-state index >= 15 is 0 Å². The lowest BCUT2D eigenvalue weighted by atomic mass is 10.2. The summed E-state index contributed by atoms with van der Waals surface area (Å²) in [6.07, 6.45) is 7.85. The maximum absolute atomic E-state index is 12.6. The van der Waals surface area contributed by atoms with Gasteiger partial charge in [0.2, 0.25) is 9.84 Å². The van der Waals surface area contributed by atoms with Crippen molar-refractivity contribution in [3.63, 3.8) is 0 Å². The van der Waals surface area contributed by atoms with E-state index in [0.717, 1.165) is 46.4 Å². The van der Waals surface area contributed by atoms with Crippen molar-refractivity contribution in [2.45, 2.75) is 103 Å². The molecule has 0 spiro atoms. The quantitative estimate of drug-likeness (QED) is 0.00596. The van der Waals surface area contributed by atoms with Gasteiger partial charge in [0.1, 0.15) is 77.6 Å². The Morgan fingerprint density at radius 3 is 1.20 bits per heavy atom. The molecular weight excluding hydrogens is 1890 g/mol. The summed E-state index contributed by atoms with van der Waals surface area (Å²) >= 11 is 13.9. The fourth-order valence-corrected chi connectivity index (χ4v) is 13.3. The summed E-state index contributed by atoms with van der Waals surface area (Å²) in [7, 11) is 0.0454. The number of amides is 2. The number of carbonyl (C=O) groups excluding carboxylic acids is 12. The summed E-state index contributed by atoms with van der Waals surface area (Å²) in [5.74, 6) is 1.52. The van der Waals surface area contributed by atoms with Gasteiger partial charge in [-0.25, -0.2) is 51.6 Å². The molecule has 0 heterocycles. The molecule has 740 valence electrons. The molecule has 0 fully saturated rings. The third kappa shape index (κ3) is 75.1. The molecule has 3 rings (SSSR count). The number of thioether (sulfide) groups is 3. The van der Waals surface area contributed by atoms with Gasteiger partial charge in [0, 0.05) is 106 Å². The van der Waals surface area contributed by atoms with Crippen molar-refractivity contribution in [3.8, 4) is 11.5 Å². The molecule has 3 aromatic carbocycles. The third-order valence-electron chi connectivity index (χ3n) is 14.2. The van der Waals surface area contributed by atoms with Gasteiger partial charge in [-0.1, -0.05) is 153 Å². The number of esters is 9. The number of hydrogen-bond donors (Lipinski definition) is 4. The monoisotopic (exact) mass is 2020 g/mol. The lowest BCUT2D eigenvalue weighted by Crippen LogP contribution is -2.35. The number of rotatable bonds is 61. The number of ether oxygens (including phenoxy) is 15. The Labute approximate surface area is 818 Å². The molecule has 0 aliphatic rings. The van der Waals surface area contributed by atoms with Gasteiger partial charge in [0.05, 0.1) is 48.5 Å². The summed E-state index contributed by atoms with van der Waals surface area (Å²) in [4.78, 5) is 138. The predicted molar refractivity (Wildman–Crippen MR) is 534 cm³/mol. The normalized spacial score (nSPS) is 10.1. The zero-order valence-electron chi connectivity index (χ0n) is 76.9. The average Bonchev–Trinajstić information content (AvgIpc) is 0.802. The molecule has 1 atom stereocenters. The first-order valence-electron chi connectivity index (χ1n) is 41.0. The lowest BCUT2D eigenvalue weighted by Gasteiger charge is -2.18. The first kappa shape index (κ1) is 127. The van der Waals surface area contributed by atoms with E-state index in [1.165, 1.54) is 45.0 Å². The van der Waals surface area contributed by atoms with E-state index in [0.29, 0.717) is 79.1 Å². The molecule has 0 aliphatic carbocycles. The van der Waals surface area contributed by atoms with Crippen LogP contribution in [0.15, 0.2) is 237 Å². The van der Waals surface area contributed by atoms with Gasteiger partial charge in [-0.2, -0.15) is 23.5 Å². The predicted octanol–water partition coefficient (Wildman–Crippen LogP) is 14.9. The second-order valence-electron chi connectivity index (χ2n) is 26.2. The minimum Gasteiger partial charge on any atom is -0.490 e. The second-order valence-corrected chi connectivity index (χ2v) is 35.0. The van der Waals surface area contributed by atoms with Crippen molar-refractivity contribution >= 4 is 173 Å². The molecule has 134 heavy (non-hydrogen) atoms. The van der Waals surface area contributed by atoms with Crippen molar-refractivity contribution in [1.29, 1.82) is 0 Å². The molecular formula is C93H126N4O29S8. The molecule has 0 radical (unpaired) electrons. The van der Waals surface area contributed by atoms with E-state index in [1.807, 2.05) is 42.5 Å². The number of alkyl carbamates (subject to hydrolysis) is 2. The molecule has 0 aliphatic heterocycles. The Balaban J connectivity index is -0.00000162. The number of benzene rings is 3. The smallest absolute Gasteiger partial charge is 0.410 e. The van der Waals surface area contributed by atoms with Crippen LogP contribution in [0.2, 0.25) is 0 Å². The summed E-state index contributed by atoms with van der Waals surface area (Å²) in [5, 5.41) is 10.8. The van der Waals surface area contributed by atoms with E-state index in [2.05, 4.69) is 100 Å². The van der Waals surface area contributed by atoms with Crippen LogP contribution in [0.3, 0.4) is 0 Å². The molecule has 4 N–H and O–H groups in total. The minimum atomic E-state index is -3.56. The highest BCUT2D eigenvalue weighted by atomic mass is 33.1. The van der Waals surface area contributed by atoms with Crippen LogP contribution in [-0.4, -0.2) is 242 Å². The third-order valence-corrected chi connectivity index (χ3v) is 21.8. The topological polar surface area (TPSA) is 426 Å². The van der Waals surface area contributed by atoms with E-state index < -0.39 is 76.1 Å². The number of hydrogen-bond acceptors (Lipinski definition) is 36. The molecule has 2 amide bonds. The maximum Gasteiger partial charge on any atom is 0.410 e. The molecule has 33 nitrogen and oxygen atoms in total. The fraction of sp³-hybridized carbons (Fsp3) is 0.398. The van der Waals surface area contributed by atoms with Crippen LogP contribution in [0.5, 0.6) is 11.5 Å². The molecule has 0 bridgehead atoms. The van der Waals surface area contributed by atoms with Crippen molar-refractivity contribution in [1.82, 2.24) is 21.3 Å². The molecule has 1 unspecified atom stereocenters. The van der Waals surface area contributed by atoms with E-state index in [-0.39, 0.29) is 165 Å². The van der Waals surface area contributed by atoms with Crippen molar-refractivity contribution < 1.29 is 137 Å². The Hall–Kier alpha value is -11.3. The number of sulfone groups is 1. The zero-order valence-corrected chi connectivity index (χ0v) is 83.4. The summed E-state index contributed by atoms with van der Waals surface area (Å²) in [5.41, 5.74) is 2.77. The molecule has 3 aromatic rings. The van der Waals surface area contributed by atoms with Crippen LogP contribution in [-0.2, 0) is 126 Å². The Kier molecular flexibility index (Phi) is 79.0. The number of carbonyl (C=O) groups is 12. The first-order valence-corrected chi connectivity index (χ1v) is 49.1. The second kappa shape index (κ2) is 83.5. The molecule has 41 heteroatoms. The fourth-order valence-electron chi connectivity index (χ4n) is 7.72. The maximum atomic E-state index is 12.6. The zero-order chi connectivity index (χ0) is 101. The Bertz CT molecular complexity index is 4180. The molecule has 0 aromatic heterocycles. The van der Waals surface area contributed by atoms with Gasteiger partial charge in [-0.3, -0.25) is 14.4 Å². The van der Waals surface area contributed by atoms with Crippen molar-refractivity contribution in [2.24, 2.45) is 0 Å². The summed E-state index contributed by atoms with van der Waals surface area (Å²) < 4.78 is 100. The number of nitrogens with one attached hydrogen (secondary N) is 4. The highest BCUT2D eigenvalue weighted by molar-refractivity contribution is 8.76. The van der Waals surface area contributed by atoms with Crippen LogP contribution in [0.25, 0.3) is 0 Å². The van der Waals surface area contributed by atoms with Gasteiger partial charge in [0.15, 0.2) is 5.12 Å². The van der Waals surface area contributed by atoms with Crippen molar-refractivity contribution in [3.05, 3.63) is 233 Å². The Morgan fingerprint density at radius 2 is 0.784 bits per heavy atom. The average molecular weight is 2020 g/mol. The molecule has 0 saturated heterocycles. The van der Waals surface area contributed by atoms with Crippen LogP contribution in [0.4, 0.5) is 9.59 Å². The van der Waals surface area contributed by atoms with E-state index in [4.69, 9.17) is 95.5 Å². The van der Waals surface area contributed by atoms with Crippen LogP contribution < -0.4 is 30.7 Å². The minimum absolute atomic E-state index is 0.0290. The van der Waals surface area contributed by atoms with Gasteiger partial charge in [-0.15, -0.1) is 19.7 Å². The lowest BCUT2D eigenvalue weighted by molar-refractivity contribution is -0.165. The summed E-state index contributed by atoms with van der Waals surface area (Å²) in [6.45, 7) is 54.4. The van der Waals surface area contributed by atoms with Gasteiger partial charge < -0.3 is 92.3 Å². The van der Waals surface area contributed by atoms with Crippen LogP contribution in [0.1, 0.15) is 85.6 Å². The molecule has 0 saturated carbocycles. The van der Waals surface area contributed by atoms with Crippen LogP contribution >= 0.6 is 81.3 Å². The van der Waals surface area contributed by atoms with E-state index in [1.54, 1.807) is 108 Å². The highest BCUT2D eigenvalue weighted by Gasteiger charge is 2.23. The van der Waals surface area contributed by atoms with E-state index in [9.17, 15) is 66.0 Å². The standard InChI is InChI=1S/C25H35NO11S.C21H33NO8S2.C18H18O4S.C13H15NO3S.C10H15NO3S.C6H10S2/c1-16(2)22(29)33-12-7-9-19(27)36-21(37-25(32)26-11-14-35-24(31)18(5)6)15-38-20(28)10-8-13-34-23(30)17(3)4;1-16(2)19(24)28-8-5-6-18(23)27-10-12-31-14-15-32-13-11-30-21(26)22-7-9-29-20(25)17(3)4;1-3-13-21-15-5-9-17(10-6-15)23(19,20)18-11-7-16(8-12-18)22-14-4-2;1-2-12(15)16-8-9-17-13(18)14-10-11-6-4-3-5-7-11;1-4-5-11-10(15)14-7-6-13-9(12)8(2)3;1-3-5-7-8-6-4-2/h21H,1,3,5,7-15H2,2,4,6H3,(H,26,32);1,3,5-15H2,2,4H3,(H,22,26);3-12H,1-2,13-14H2;2-7H,1,8-10H2,(H,14,18);4H,1-2,5-7H2,3H3,(H,11,15);3-4H,1-2,5-6H2.